The number of piperidine rings is 1. The van der Waals surface area contributed by atoms with E-state index in [0.717, 1.165) is 18.5 Å². The molecule has 0 aliphatic carbocycles. The lowest BCUT2D eigenvalue weighted by molar-refractivity contribution is -0.149. The average Bonchev–Trinajstić information content (AvgIpc) is 2.34. The predicted octanol–water partition coefficient (Wildman–Crippen LogP) is 1.99. The Morgan fingerprint density at radius 3 is 2.32 bits per heavy atom. The fourth-order valence-electron chi connectivity index (χ4n) is 2.40. The molecule has 1 saturated heterocycles. The highest BCUT2D eigenvalue weighted by Gasteiger charge is 2.29. The van der Waals surface area contributed by atoms with E-state index in [4.69, 9.17) is 5.73 Å². The zero-order chi connectivity index (χ0) is 13.8. The first kappa shape index (κ1) is 13.6. The van der Waals surface area contributed by atoms with Crippen molar-refractivity contribution in [1.82, 2.24) is 4.90 Å². The number of benzene rings is 1. The number of nitrogens with zero attached hydrogens (tertiary/aromatic N) is 1. The third-order valence-corrected chi connectivity index (χ3v) is 3.48. The molecule has 0 bridgehead atoms. The second-order valence-electron chi connectivity index (χ2n) is 5.30. The molecule has 1 fully saturated rings. The number of nitrogens with two attached hydrogens (primary N) is 1. The van der Waals surface area contributed by atoms with Crippen molar-refractivity contribution in [1.29, 1.82) is 0 Å². The van der Waals surface area contributed by atoms with Crippen LogP contribution in [0.4, 0.5) is 5.69 Å². The molecular formula is C15H20N2O2. The fourth-order valence-corrected chi connectivity index (χ4v) is 2.40. The third kappa shape index (κ3) is 3.56. The van der Waals surface area contributed by atoms with Gasteiger partial charge < -0.3 is 5.73 Å². The molecule has 0 atom stereocenters. The van der Waals surface area contributed by atoms with Crippen molar-refractivity contribution in [2.45, 2.75) is 32.6 Å². The SMILES string of the molecule is CC1CC(=O)N(CCCc2ccc(N)cc2)C(=O)C1. The van der Waals surface area contributed by atoms with Crippen LogP contribution in [-0.2, 0) is 16.0 Å². The van der Waals surface area contributed by atoms with E-state index in [-0.39, 0.29) is 17.7 Å². The van der Waals surface area contributed by atoms with E-state index < -0.39 is 0 Å². The van der Waals surface area contributed by atoms with Crippen LogP contribution in [-0.4, -0.2) is 23.3 Å². The van der Waals surface area contributed by atoms with E-state index in [2.05, 4.69) is 0 Å². The number of carbonyl (C=O) groups is 2. The molecule has 2 N–H and O–H groups in total. The quantitative estimate of drug-likeness (QED) is 0.665. The number of anilines is 1. The minimum absolute atomic E-state index is 0.0268. The Bertz CT molecular complexity index is 450. The van der Waals surface area contributed by atoms with Gasteiger partial charge in [-0.25, -0.2) is 0 Å². The van der Waals surface area contributed by atoms with E-state index >= 15 is 0 Å². The van der Waals surface area contributed by atoms with Gasteiger partial charge in [0.2, 0.25) is 11.8 Å². The predicted molar refractivity (Wildman–Crippen MR) is 74.3 cm³/mol. The molecule has 1 heterocycles. The molecule has 1 aliphatic heterocycles. The number of amides is 2. The lowest BCUT2D eigenvalue weighted by Gasteiger charge is -2.28. The zero-order valence-corrected chi connectivity index (χ0v) is 11.3. The highest BCUT2D eigenvalue weighted by atomic mass is 16.2. The molecule has 0 unspecified atom stereocenters. The van der Waals surface area contributed by atoms with Crippen molar-refractivity contribution in [2.24, 2.45) is 5.92 Å². The number of hydrogen-bond acceptors (Lipinski definition) is 3. The topological polar surface area (TPSA) is 63.4 Å². The lowest BCUT2D eigenvalue weighted by Crippen LogP contribution is -2.43. The van der Waals surface area contributed by atoms with Gasteiger partial charge in [-0.1, -0.05) is 19.1 Å². The van der Waals surface area contributed by atoms with Crippen molar-refractivity contribution in [3.8, 4) is 0 Å². The maximum Gasteiger partial charge on any atom is 0.229 e. The van der Waals surface area contributed by atoms with Gasteiger partial charge >= 0.3 is 0 Å². The van der Waals surface area contributed by atoms with Crippen molar-refractivity contribution >= 4 is 17.5 Å². The van der Waals surface area contributed by atoms with Crippen molar-refractivity contribution in [3.63, 3.8) is 0 Å². The summed E-state index contributed by atoms with van der Waals surface area (Å²) in [6.45, 7) is 2.47. The largest absolute Gasteiger partial charge is 0.399 e. The van der Waals surface area contributed by atoms with Crippen LogP contribution in [0.25, 0.3) is 0 Å². The standard InChI is InChI=1S/C15H20N2O2/c1-11-9-14(18)17(15(19)10-11)8-2-3-12-4-6-13(16)7-5-12/h4-7,11H,2-3,8-10,16H2,1H3. The average molecular weight is 260 g/mol. The van der Waals surface area contributed by atoms with Crippen LogP contribution >= 0.6 is 0 Å². The van der Waals surface area contributed by atoms with Gasteiger partial charge in [-0.05, 0) is 36.5 Å². The maximum atomic E-state index is 11.8. The monoisotopic (exact) mass is 260 g/mol. The maximum absolute atomic E-state index is 11.8. The van der Waals surface area contributed by atoms with Crippen molar-refractivity contribution < 1.29 is 9.59 Å². The van der Waals surface area contributed by atoms with Crippen LogP contribution in [0.3, 0.4) is 0 Å². The Labute approximate surface area is 113 Å². The van der Waals surface area contributed by atoms with E-state index in [1.807, 2.05) is 31.2 Å². The molecule has 0 aromatic heterocycles. The normalized spacial score (nSPS) is 17.0. The van der Waals surface area contributed by atoms with Crippen LogP contribution in [0.15, 0.2) is 24.3 Å². The summed E-state index contributed by atoms with van der Waals surface area (Å²) in [7, 11) is 0. The first-order chi connectivity index (χ1) is 9.06. The van der Waals surface area contributed by atoms with Gasteiger partial charge in [-0.15, -0.1) is 0 Å². The molecule has 4 heteroatoms. The molecule has 1 aromatic carbocycles. The summed E-state index contributed by atoms with van der Waals surface area (Å²) >= 11 is 0. The molecule has 4 nitrogen and oxygen atoms in total. The van der Waals surface area contributed by atoms with Crippen LogP contribution in [0.2, 0.25) is 0 Å². The van der Waals surface area contributed by atoms with Gasteiger partial charge in [0.1, 0.15) is 0 Å². The van der Waals surface area contributed by atoms with Gasteiger partial charge in [0.25, 0.3) is 0 Å². The van der Waals surface area contributed by atoms with E-state index in [1.165, 1.54) is 10.5 Å². The van der Waals surface area contributed by atoms with Crippen molar-refractivity contribution in [3.05, 3.63) is 29.8 Å². The Kier molecular flexibility index (Phi) is 4.20. The van der Waals surface area contributed by atoms with Crippen LogP contribution in [0.5, 0.6) is 0 Å². The van der Waals surface area contributed by atoms with E-state index in [0.29, 0.717) is 19.4 Å². The highest BCUT2D eigenvalue weighted by Crippen LogP contribution is 2.19. The van der Waals surface area contributed by atoms with E-state index in [9.17, 15) is 9.59 Å². The van der Waals surface area contributed by atoms with Crippen LogP contribution in [0.1, 0.15) is 31.7 Å². The van der Waals surface area contributed by atoms with Crippen LogP contribution < -0.4 is 5.73 Å². The summed E-state index contributed by atoms with van der Waals surface area (Å²) in [6, 6.07) is 7.71. The molecule has 0 spiro atoms. The van der Waals surface area contributed by atoms with Gasteiger partial charge in [0, 0.05) is 25.1 Å². The van der Waals surface area contributed by atoms with Gasteiger partial charge in [-0.3, -0.25) is 14.5 Å². The zero-order valence-electron chi connectivity index (χ0n) is 11.3. The van der Waals surface area contributed by atoms with E-state index in [1.54, 1.807) is 0 Å². The molecule has 1 aromatic rings. The second kappa shape index (κ2) is 5.87. The molecule has 2 amide bonds. The lowest BCUT2D eigenvalue weighted by atomic mass is 9.97. The molecule has 0 saturated carbocycles. The molecule has 0 radical (unpaired) electrons. The first-order valence-corrected chi connectivity index (χ1v) is 6.74. The van der Waals surface area contributed by atoms with Crippen molar-refractivity contribution in [2.75, 3.05) is 12.3 Å². The number of carbonyl (C=O) groups excluding carboxylic acids is 2. The minimum atomic E-state index is -0.0268. The molecule has 1 aliphatic rings. The Balaban J connectivity index is 1.83. The Morgan fingerprint density at radius 2 is 1.74 bits per heavy atom. The fraction of sp³-hybridized carbons (Fsp3) is 0.467. The second-order valence-corrected chi connectivity index (χ2v) is 5.30. The summed E-state index contributed by atoms with van der Waals surface area (Å²) < 4.78 is 0. The smallest absolute Gasteiger partial charge is 0.229 e. The number of nitrogen functional groups attached to an aromatic ring is 1. The van der Waals surface area contributed by atoms with Gasteiger partial charge in [0.05, 0.1) is 0 Å². The summed E-state index contributed by atoms with van der Waals surface area (Å²) in [4.78, 5) is 25.0. The summed E-state index contributed by atoms with van der Waals surface area (Å²) in [5.41, 5.74) is 7.55. The molecule has 2 rings (SSSR count). The molecular weight excluding hydrogens is 240 g/mol. The molecule has 19 heavy (non-hydrogen) atoms. The number of aryl methyl sites for hydroxylation is 1. The van der Waals surface area contributed by atoms with Gasteiger partial charge in [-0.2, -0.15) is 0 Å². The number of imide groups is 1. The summed E-state index contributed by atoms with van der Waals surface area (Å²) in [5, 5.41) is 0. The summed E-state index contributed by atoms with van der Waals surface area (Å²) in [5.74, 6) is 0.135. The Hall–Kier alpha value is -1.84. The minimum Gasteiger partial charge on any atom is -0.399 e. The number of rotatable bonds is 4. The number of hydrogen-bond donors (Lipinski definition) is 1. The molecule has 102 valence electrons. The Morgan fingerprint density at radius 1 is 1.16 bits per heavy atom. The highest BCUT2D eigenvalue weighted by molar-refractivity contribution is 5.97. The van der Waals surface area contributed by atoms with Crippen LogP contribution in [0, 0.1) is 5.92 Å². The first-order valence-electron chi connectivity index (χ1n) is 6.74. The summed E-state index contributed by atoms with van der Waals surface area (Å²) in [6.07, 6.45) is 2.64. The third-order valence-electron chi connectivity index (χ3n) is 3.48. The van der Waals surface area contributed by atoms with Gasteiger partial charge in [0.15, 0.2) is 0 Å². The number of likely N-dealkylation sites (tertiary alicyclic amines) is 1.